The van der Waals surface area contributed by atoms with Gasteiger partial charge in [0.2, 0.25) is 5.91 Å². The summed E-state index contributed by atoms with van der Waals surface area (Å²) in [6.45, 7) is 0.0740. The molecule has 0 bridgehead atoms. The standard InChI is InChI=1S/C12H13NO4S/c14-8-6-10(12(16)17)13(7-8)11(15)4-3-9-2-1-5-18-9/h1-5,8,10,14H,6-7H2,(H,16,17)/t8-,10+/m1/s1. The lowest BCUT2D eigenvalue weighted by molar-refractivity contribution is -0.146. The highest BCUT2D eigenvalue weighted by molar-refractivity contribution is 7.10. The summed E-state index contributed by atoms with van der Waals surface area (Å²) in [6, 6.07) is 2.80. The third-order valence-electron chi connectivity index (χ3n) is 2.78. The molecular formula is C12H13NO4S. The lowest BCUT2D eigenvalue weighted by atomic mass is 10.2. The van der Waals surface area contributed by atoms with Crippen LogP contribution < -0.4 is 0 Å². The van der Waals surface area contributed by atoms with Gasteiger partial charge in [-0.05, 0) is 17.5 Å². The second-order valence-corrected chi connectivity index (χ2v) is 5.06. The summed E-state index contributed by atoms with van der Waals surface area (Å²) in [6.07, 6.45) is 2.33. The van der Waals surface area contributed by atoms with E-state index in [-0.39, 0.29) is 18.9 Å². The van der Waals surface area contributed by atoms with Crippen LogP contribution in [-0.4, -0.2) is 45.7 Å². The summed E-state index contributed by atoms with van der Waals surface area (Å²) >= 11 is 1.49. The zero-order chi connectivity index (χ0) is 13.1. The lowest BCUT2D eigenvalue weighted by Crippen LogP contribution is -2.39. The Bertz CT molecular complexity index is 468. The number of amides is 1. The first kappa shape index (κ1) is 12.8. The maximum atomic E-state index is 11.9. The van der Waals surface area contributed by atoms with Gasteiger partial charge in [-0.1, -0.05) is 6.07 Å². The molecule has 1 aliphatic rings. The van der Waals surface area contributed by atoms with E-state index in [1.165, 1.54) is 22.3 Å². The second-order valence-electron chi connectivity index (χ2n) is 4.08. The number of aliphatic carboxylic acids is 1. The molecule has 1 fully saturated rings. The van der Waals surface area contributed by atoms with Gasteiger partial charge in [-0.15, -0.1) is 11.3 Å². The van der Waals surface area contributed by atoms with Crippen molar-refractivity contribution in [3.63, 3.8) is 0 Å². The fourth-order valence-electron chi connectivity index (χ4n) is 1.93. The number of β-amino-alcohol motifs (C(OH)–C–C–N with tert-alkyl or cyclic N) is 1. The molecule has 0 radical (unpaired) electrons. The molecule has 5 nitrogen and oxygen atoms in total. The summed E-state index contributed by atoms with van der Waals surface area (Å²) in [4.78, 5) is 25.0. The summed E-state index contributed by atoms with van der Waals surface area (Å²) in [5.74, 6) is -1.46. The number of hydrogen-bond acceptors (Lipinski definition) is 4. The van der Waals surface area contributed by atoms with E-state index in [1.54, 1.807) is 6.08 Å². The summed E-state index contributed by atoms with van der Waals surface area (Å²) in [7, 11) is 0. The number of carbonyl (C=O) groups is 2. The van der Waals surface area contributed by atoms with Crippen LogP contribution in [0.5, 0.6) is 0 Å². The molecule has 0 unspecified atom stereocenters. The first-order valence-electron chi connectivity index (χ1n) is 5.51. The molecule has 18 heavy (non-hydrogen) atoms. The van der Waals surface area contributed by atoms with Crippen LogP contribution in [0, 0.1) is 0 Å². The van der Waals surface area contributed by atoms with Gasteiger partial charge >= 0.3 is 5.97 Å². The van der Waals surface area contributed by atoms with E-state index in [0.29, 0.717) is 0 Å². The molecule has 0 saturated carbocycles. The Kier molecular flexibility index (Phi) is 3.78. The van der Waals surface area contributed by atoms with Crippen LogP contribution in [0.15, 0.2) is 23.6 Å². The van der Waals surface area contributed by atoms with Gasteiger partial charge in [0.25, 0.3) is 0 Å². The maximum absolute atomic E-state index is 11.9. The number of carbonyl (C=O) groups excluding carboxylic acids is 1. The van der Waals surface area contributed by atoms with E-state index in [0.717, 1.165) is 4.88 Å². The van der Waals surface area contributed by atoms with Crippen molar-refractivity contribution in [3.8, 4) is 0 Å². The molecule has 2 rings (SSSR count). The normalized spacial score (nSPS) is 23.7. The average Bonchev–Trinajstić information content (AvgIpc) is 2.94. The molecule has 1 aromatic rings. The number of rotatable bonds is 3. The first-order valence-corrected chi connectivity index (χ1v) is 6.39. The Balaban J connectivity index is 2.06. The molecule has 0 spiro atoms. The van der Waals surface area contributed by atoms with Gasteiger partial charge < -0.3 is 15.1 Å². The number of nitrogens with zero attached hydrogens (tertiary/aromatic N) is 1. The molecule has 6 heteroatoms. The van der Waals surface area contributed by atoms with Crippen molar-refractivity contribution in [3.05, 3.63) is 28.5 Å². The molecule has 96 valence electrons. The fourth-order valence-corrected chi connectivity index (χ4v) is 2.54. The highest BCUT2D eigenvalue weighted by Gasteiger charge is 2.37. The molecule has 0 aromatic carbocycles. The summed E-state index contributed by atoms with van der Waals surface area (Å²) < 4.78 is 0. The Hall–Kier alpha value is -1.66. The first-order chi connectivity index (χ1) is 8.58. The van der Waals surface area contributed by atoms with Crippen molar-refractivity contribution in [2.75, 3.05) is 6.54 Å². The third-order valence-corrected chi connectivity index (χ3v) is 3.62. The number of hydrogen-bond donors (Lipinski definition) is 2. The van der Waals surface area contributed by atoms with Gasteiger partial charge in [0.05, 0.1) is 6.10 Å². The quantitative estimate of drug-likeness (QED) is 0.794. The Morgan fingerprint density at radius 2 is 2.28 bits per heavy atom. The van der Waals surface area contributed by atoms with Crippen molar-refractivity contribution in [1.82, 2.24) is 4.90 Å². The van der Waals surface area contributed by atoms with Crippen LogP contribution in [0.1, 0.15) is 11.3 Å². The molecule has 0 aliphatic carbocycles. The van der Waals surface area contributed by atoms with Crippen molar-refractivity contribution < 1.29 is 19.8 Å². The second kappa shape index (κ2) is 5.32. The van der Waals surface area contributed by atoms with Gasteiger partial charge in [0.15, 0.2) is 0 Å². The zero-order valence-corrected chi connectivity index (χ0v) is 10.3. The molecule has 1 aliphatic heterocycles. The Morgan fingerprint density at radius 3 is 2.89 bits per heavy atom. The Morgan fingerprint density at radius 1 is 1.50 bits per heavy atom. The van der Waals surface area contributed by atoms with E-state index < -0.39 is 18.1 Å². The molecule has 1 saturated heterocycles. The van der Waals surface area contributed by atoms with Crippen LogP contribution in [0.4, 0.5) is 0 Å². The number of carboxylic acid groups (broad SMARTS) is 1. The van der Waals surface area contributed by atoms with Gasteiger partial charge in [-0.2, -0.15) is 0 Å². The van der Waals surface area contributed by atoms with Gasteiger partial charge in [0, 0.05) is 23.9 Å². The predicted molar refractivity (Wildman–Crippen MR) is 67.1 cm³/mol. The van der Waals surface area contributed by atoms with Crippen molar-refractivity contribution >= 4 is 29.3 Å². The molecule has 2 atom stereocenters. The van der Waals surface area contributed by atoms with E-state index in [1.807, 2.05) is 17.5 Å². The SMILES string of the molecule is O=C(O)[C@@H]1C[C@@H](O)CN1C(=O)C=Cc1cccs1. The number of carboxylic acids is 1. The van der Waals surface area contributed by atoms with Crippen LogP contribution in [0.25, 0.3) is 6.08 Å². The van der Waals surface area contributed by atoms with Crippen LogP contribution in [0.2, 0.25) is 0 Å². The average molecular weight is 267 g/mol. The number of aliphatic hydroxyl groups is 1. The fraction of sp³-hybridized carbons (Fsp3) is 0.333. The van der Waals surface area contributed by atoms with E-state index in [4.69, 9.17) is 5.11 Å². The van der Waals surface area contributed by atoms with E-state index >= 15 is 0 Å². The van der Waals surface area contributed by atoms with Crippen LogP contribution in [-0.2, 0) is 9.59 Å². The maximum Gasteiger partial charge on any atom is 0.326 e. The van der Waals surface area contributed by atoms with Gasteiger partial charge in [-0.25, -0.2) is 4.79 Å². The zero-order valence-electron chi connectivity index (χ0n) is 9.52. The largest absolute Gasteiger partial charge is 0.480 e. The van der Waals surface area contributed by atoms with E-state index in [2.05, 4.69) is 0 Å². The summed E-state index contributed by atoms with van der Waals surface area (Å²) in [5, 5.41) is 20.3. The monoisotopic (exact) mass is 267 g/mol. The van der Waals surface area contributed by atoms with E-state index in [9.17, 15) is 14.7 Å². The van der Waals surface area contributed by atoms with Crippen LogP contribution >= 0.6 is 11.3 Å². The van der Waals surface area contributed by atoms with Crippen LogP contribution in [0.3, 0.4) is 0 Å². The minimum atomic E-state index is -1.08. The molecule has 2 N–H and O–H groups in total. The number of aliphatic hydroxyl groups excluding tert-OH is 1. The third kappa shape index (κ3) is 2.77. The van der Waals surface area contributed by atoms with Crippen molar-refractivity contribution in [2.45, 2.75) is 18.6 Å². The highest BCUT2D eigenvalue weighted by atomic mass is 32.1. The van der Waals surface area contributed by atoms with Gasteiger partial charge in [0.1, 0.15) is 6.04 Å². The smallest absolute Gasteiger partial charge is 0.326 e. The molecular weight excluding hydrogens is 254 g/mol. The molecule has 1 amide bonds. The minimum Gasteiger partial charge on any atom is -0.480 e. The lowest BCUT2D eigenvalue weighted by Gasteiger charge is -2.19. The van der Waals surface area contributed by atoms with Crippen molar-refractivity contribution in [2.24, 2.45) is 0 Å². The molecule has 2 heterocycles. The summed E-state index contributed by atoms with van der Waals surface area (Å²) in [5.41, 5.74) is 0. The number of likely N-dealkylation sites (tertiary alicyclic amines) is 1. The number of thiophene rings is 1. The highest BCUT2D eigenvalue weighted by Crippen LogP contribution is 2.19. The van der Waals surface area contributed by atoms with Gasteiger partial charge in [-0.3, -0.25) is 4.79 Å². The van der Waals surface area contributed by atoms with Crippen molar-refractivity contribution in [1.29, 1.82) is 0 Å². The molecule has 1 aromatic heterocycles. The minimum absolute atomic E-state index is 0.0740. The predicted octanol–water partition coefficient (Wildman–Crippen LogP) is 0.808. The topological polar surface area (TPSA) is 77.8 Å². The Labute approximate surface area is 108 Å².